The molecule has 2 aliphatic heterocycles. The van der Waals surface area contributed by atoms with E-state index in [0.29, 0.717) is 12.3 Å². The molecule has 0 radical (unpaired) electrons. The summed E-state index contributed by atoms with van der Waals surface area (Å²) < 4.78 is 8.58. The SMILES string of the molecule is Cn1c(=O)n(C2CCC(=O)NC2=O)c2cccc(N3CCN(C[C@H]4CC[C@H](NC(=O)OC(C)(C)C)CC4)CC3)c21. The molecule has 1 saturated carbocycles. The molecule has 0 spiro atoms. The number of imide groups is 1. The first-order chi connectivity index (χ1) is 19.0. The van der Waals surface area contributed by atoms with Crippen molar-refractivity contribution in [1.82, 2.24) is 24.7 Å². The van der Waals surface area contributed by atoms with Gasteiger partial charge in [-0.2, -0.15) is 0 Å². The van der Waals surface area contributed by atoms with Crippen molar-refractivity contribution in [1.29, 1.82) is 0 Å². The van der Waals surface area contributed by atoms with Crippen LogP contribution in [0.15, 0.2) is 23.0 Å². The van der Waals surface area contributed by atoms with Crippen LogP contribution in [0.2, 0.25) is 0 Å². The minimum absolute atomic E-state index is 0.183. The summed E-state index contributed by atoms with van der Waals surface area (Å²) in [5, 5.41) is 5.41. The molecule has 1 aromatic heterocycles. The highest BCUT2D eigenvalue weighted by atomic mass is 16.6. The Labute approximate surface area is 234 Å². The molecule has 11 nitrogen and oxygen atoms in total. The predicted octanol–water partition coefficient (Wildman–Crippen LogP) is 2.52. The van der Waals surface area contributed by atoms with Crippen LogP contribution in [0.5, 0.6) is 0 Å². The summed E-state index contributed by atoms with van der Waals surface area (Å²) in [7, 11) is 1.75. The molecule has 3 fully saturated rings. The van der Waals surface area contributed by atoms with Crippen LogP contribution in [0.1, 0.15) is 65.3 Å². The minimum Gasteiger partial charge on any atom is -0.444 e. The summed E-state index contributed by atoms with van der Waals surface area (Å²) in [6.45, 7) is 10.3. The van der Waals surface area contributed by atoms with E-state index in [2.05, 4.69) is 20.4 Å². The van der Waals surface area contributed by atoms with E-state index in [0.717, 1.165) is 75.1 Å². The summed E-state index contributed by atoms with van der Waals surface area (Å²) in [5.74, 6) is -0.0897. The molecule has 1 unspecified atom stereocenters. The Hall–Kier alpha value is -3.34. The molecule has 2 aromatic rings. The molecule has 40 heavy (non-hydrogen) atoms. The monoisotopic (exact) mass is 554 g/mol. The zero-order valence-corrected chi connectivity index (χ0v) is 24.1. The first kappa shape index (κ1) is 28.2. The highest BCUT2D eigenvalue weighted by Crippen LogP contribution is 2.31. The number of carbonyl (C=O) groups is 3. The number of rotatable bonds is 5. The molecular formula is C29H42N6O5. The van der Waals surface area contributed by atoms with E-state index in [9.17, 15) is 19.2 Å². The molecular weight excluding hydrogens is 512 g/mol. The molecule has 2 N–H and O–H groups in total. The lowest BCUT2D eigenvalue weighted by Crippen LogP contribution is -2.48. The Morgan fingerprint density at radius 1 is 1.02 bits per heavy atom. The number of para-hydroxylation sites is 1. The van der Waals surface area contributed by atoms with Crippen LogP contribution in [-0.4, -0.2) is 76.3 Å². The van der Waals surface area contributed by atoms with Crippen molar-refractivity contribution in [3.8, 4) is 0 Å². The molecule has 0 bridgehead atoms. The Morgan fingerprint density at radius 3 is 2.38 bits per heavy atom. The number of carbonyl (C=O) groups excluding carboxylic acids is 3. The van der Waals surface area contributed by atoms with E-state index in [4.69, 9.17) is 4.74 Å². The number of nitrogens with one attached hydrogen (secondary N) is 2. The smallest absolute Gasteiger partial charge is 0.407 e. The Kier molecular flexibility index (Phi) is 7.94. The number of imidazole rings is 1. The lowest BCUT2D eigenvalue weighted by Gasteiger charge is -2.39. The first-order valence-electron chi connectivity index (χ1n) is 14.5. The molecule has 3 aliphatic rings. The summed E-state index contributed by atoms with van der Waals surface area (Å²) in [5.41, 5.74) is 1.81. The van der Waals surface area contributed by atoms with Gasteiger partial charge in [0.2, 0.25) is 11.8 Å². The predicted molar refractivity (Wildman–Crippen MR) is 152 cm³/mol. The van der Waals surface area contributed by atoms with Crippen molar-refractivity contribution in [2.45, 2.75) is 77.0 Å². The van der Waals surface area contributed by atoms with Crippen molar-refractivity contribution in [3.63, 3.8) is 0 Å². The third-order valence-corrected chi connectivity index (χ3v) is 8.40. The minimum atomic E-state index is -0.685. The molecule has 5 rings (SSSR count). The Morgan fingerprint density at radius 2 is 1.73 bits per heavy atom. The van der Waals surface area contributed by atoms with E-state index in [1.54, 1.807) is 16.2 Å². The molecule has 218 valence electrons. The fourth-order valence-electron chi connectivity index (χ4n) is 6.40. The highest BCUT2D eigenvalue weighted by molar-refractivity contribution is 6.00. The van der Waals surface area contributed by atoms with E-state index < -0.39 is 17.6 Å². The van der Waals surface area contributed by atoms with E-state index in [-0.39, 0.29) is 30.2 Å². The summed E-state index contributed by atoms with van der Waals surface area (Å²) in [4.78, 5) is 54.5. The maximum absolute atomic E-state index is 13.3. The highest BCUT2D eigenvalue weighted by Gasteiger charge is 2.33. The normalized spacial score (nSPS) is 24.7. The van der Waals surface area contributed by atoms with E-state index in [1.165, 1.54) is 0 Å². The number of piperazine rings is 1. The first-order valence-corrected chi connectivity index (χ1v) is 14.5. The van der Waals surface area contributed by atoms with Crippen LogP contribution in [0.4, 0.5) is 10.5 Å². The second-order valence-electron chi connectivity index (χ2n) is 12.5. The van der Waals surface area contributed by atoms with Gasteiger partial charge in [-0.05, 0) is 70.9 Å². The lowest BCUT2D eigenvalue weighted by atomic mass is 9.85. The van der Waals surface area contributed by atoms with Crippen LogP contribution in [-0.2, 0) is 21.4 Å². The van der Waals surface area contributed by atoms with Gasteiger partial charge in [0.25, 0.3) is 0 Å². The molecule has 2 saturated heterocycles. The van der Waals surface area contributed by atoms with Gasteiger partial charge in [-0.3, -0.25) is 28.9 Å². The number of hydrogen-bond acceptors (Lipinski definition) is 7. The number of hydrogen-bond donors (Lipinski definition) is 2. The molecule has 1 aromatic carbocycles. The standard InChI is InChI=1S/C29H42N6O5/c1-29(2,3)40-27(38)30-20-10-8-19(9-11-20)18-33-14-16-34(17-15-33)21-6-5-7-22-25(21)32(4)28(39)35(22)23-12-13-24(36)31-26(23)37/h5-7,19-20,23H,8-18H2,1-4H3,(H,30,38)(H,31,36,37)/t19-,20-,23?. The van der Waals surface area contributed by atoms with Gasteiger partial charge in [-0.1, -0.05) is 6.07 Å². The van der Waals surface area contributed by atoms with Gasteiger partial charge in [0.05, 0.1) is 16.7 Å². The van der Waals surface area contributed by atoms with Crippen LogP contribution in [0.25, 0.3) is 11.0 Å². The van der Waals surface area contributed by atoms with Gasteiger partial charge >= 0.3 is 11.8 Å². The van der Waals surface area contributed by atoms with Crippen LogP contribution in [0, 0.1) is 5.92 Å². The van der Waals surface area contributed by atoms with E-state index in [1.807, 2.05) is 39.0 Å². The third-order valence-electron chi connectivity index (χ3n) is 8.40. The maximum Gasteiger partial charge on any atom is 0.407 e. The third kappa shape index (κ3) is 6.04. The van der Waals surface area contributed by atoms with Gasteiger partial charge in [-0.15, -0.1) is 0 Å². The van der Waals surface area contributed by atoms with Crippen LogP contribution in [0.3, 0.4) is 0 Å². The zero-order chi connectivity index (χ0) is 28.6. The Bertz CT molecular complexity index is 1320. The second kappa shape index (κ2) is 11.3. The molecule has 1 atom stereocenters. The largest absolute Gasteiger partial charge is 0.444 e. The van der Waals surface area contributed by atoms with Gasteiger partial charge < -0.3 is 15.0 Å². The van der Waals surface area contributed by atoms with Gasteiger partial charge in [-0.25, -0.2) is 9.59 Å². The van der Waals surface area contributed by atoms with Gasteiger partial charge in [0, 0.05) is 52.2 Å². The number of amides is 3. The molecule has 3 amide bonds. The zero-order valence-electron chi connectivity index (χ0n) is 24.1. The fraction of sp³-hybridized carbons (Fsp3) is 0.655. The van der Waals surface area contributed by atoms with E-state index >= 15 is 0 Å². The maximum atomic E-state index is 13.3. The van der Waals surface area contributed by atoms with Crippen molar-refractivity contribution < 1.29 is 19.1 Å². The van der Waals surface area contributed by atoms with Crippen molar-refractivity contribution in [2.24, 2.45) is 13.0 Å². The van der Waals surface area contributed by atoms with Crippen LogP contribution >= 0.6 is 0 Å². The summed E-state index contributed by atoms with van der Waals surface area (Å²) in [6, 6.07) is 5.37. The number of anilines is 1. The average molecular weight is 555 g/mol. The quantitative estimate of drug-likeness (QED) is 0.546. The van der Waals surface area contributed by atoms with Crippen molar-refractivity contribution in [3.05, 3.63) is 28.7 Å². The summed E-state index contributed by atoms with van der Waals surface area (Å²) in [6.07, 6.45) is 4.36. The molecule has 1 aliphatic carbocycles. The number of fused-ring (bicyclic) bond motifs is 1. The number of alkyl carbamates (subject to hydrolysis) is 1. The molecule has 3 heterocycles. The van der Waals surface area contributed by atoms with Crippen LogP contribution < -0.4 is 21.2 Å². The number of aromatic nitrogens is 2. The van der Waals surface area contributed by atoms with Gasteiger partial charge in [0.15, 0.2) is 0 Å². The number of nitrogens with zero attached hydrogens (tertiary/aromatic N) is 4. The number of aryl methyl sites for hydroxylation is 1. The summed E-state index contributed by atoms with van der Waals surface area (Å²) >= 11 is 0. The topological polar surface area (TPSA) is 118 Å². The number of piperidine rings is 1. The Balaban J connectivity index is 1.18. The fourth-order valence-corrected chi connectivity index (χ4v) is 6.40. The van der Waals surface area contributed by atoms with Crippen molar-refractivity contribution in [2.75, 3.05) is 37.6 Å². The van der Waals surface area contributed by atoms with Gasteiger partial charge in [0.1, 0.15) is 11.6 Å². The number of ether oxygens (including phenoxy) is 1. The number of benzene rings is 1. The average Bonchev–Trinajstić information content (AvgIpc) is 3.14. The molecule has 11 heteroatoms. The second-order valence-corrected chi connectivity index (χ2v) is 12.5. The van der Waals surface area contributed by atoms with Crippen molar-refractivity contribution >= 4 is 34.6 Å². The lowest BCUT2D eigenvalue weighted by molar-refractivity contribution is -0.135.